The van der Waals surface area contributed by atoms with Gasteiger partial charge < -0.3 is 5.32 Å². The quantitative estimate of drug-likeness (QED) is 0.851. The van der Waals surface area contributed by atoms with Crippen molar-refractivity contribution in [1.82, 2.24) is 5.32 Å². The summed E-state index contributed by atoms with van der Waals surface area (Å²) in [5, 5.41) is 2.45. The zero-order chi connectivity index (χ0) is 13.8. The van der Waals surface area contributed by atoms with Crippen molar-refractivity contribution in [2.24, 2.45) is 5.92 Å². The summed E-state index contributed by atoms with van der Waals surface area (Å²) in [5.41, 5.74) is 3.64. The minimum absolute atomic E-state index is 0.189. The Hall–Kier alpha value is -1.03. The summed E-state index contributed by atoms with van der Waals surface area (Å²) < 4.78 is 35.9. The first-order chi connectivity index (χ1) is 8.28. The Labute approximate surface area is 106 Å². The molecular formula is C14H20F3N. The molecule has 0 heterocycles. The number of rotatable bonds is 5. The number of halogens is 3. The van der Waals surface area contributed by atoms with Crippen molar-refractivity contribution in [2.45, 2.75) is 33.4 Å². The lowest BCUT2D eigenvalue weighted by Gasteiger charge is -2.14. The van der Waals surface area contributed by atoms with Crippen LogP contribution in [-0.2, 0) is 6.42 Å². The second-order valence-electron chi connectivity index (χ2n) is 4.97. The smallest absolute Gasteiger partial charge is 0.308 e. The Kier molecular flexibility index (Phi) is 5.20. The van der Waals surface area contributed by atoms with Crippen LogP contribution in [0, 0.1) is 19.8 Å². The molecule has 0 aliphatic heterocycles. The summed E-state index contributed by atoms with van der Waals surface area (Å²) in [6.45, 7) is 5.52. The second kappa shape index (κ2) is 6.23. The van der Waals surface area contributed by atoms with E-state index >= 15 is 0 Å². The van der Waals surface area contributed by atoms with Crippen molar-refractivity contribution in [1.29, 1.82) is 0 Å². The largest absolute Gasteiger partial charge is 0.401 e. The Balaban J connectivity index is 2.40. The molecule has 1 N–H and O–H groups in total. The molecule has 1 atom stereocenters. The summed E-state index contributed by atoms with van der Waals surface area (Å²) in [5.74, 6) is 0.189. The van der Waals surface area contributed by atoms with Gasteiger partial charge in [0.1, 0.15) is 0 Å². The highest BCUT2D eigenvalue weighted by Crippen LogP contribution is 2.15. The molecule has 102 valence electrons. The predicted octanol–water partition coefficient (Wildman–Crippen LogP) is 3.63. The fourth-order valence-electron chi connectivity index (χ4n) is 1.87. The molecule has 0 bridgehead atoms. The molecule has 1 nitrogen and oxygen atoms in total. The van der Waals surface area contributed by atoms with Gasteiger partial charge in [-0.15, -0.1) is 0 Å². The van der Waals surface area contributed by atoms with Crippen LogP contribution >= 0.6 is 0 Å². The van der Waals surface area contributed by atoms with Crippen LogP contribution in [0.15, 0.2) is 18.2 Å². The Bertz CT molecular complexity index is 385. The number of hydrogen-bond acceptors (Lipinski definition) is 1. The molecule has 18 heavy (non-hydrogen) atoms. The van der Waals surface area contributed by atoms with Gasteiger partial charge in [-0.1, -0.05) is 25.1 Å². The van der Waals surface area contributed by atoms with Crippen LogP contribution in [0.2, 0.25) is 0 Å². The first kappa shape index (κ1) is 15.0. The highest BCUT2D eigenvalue weighted by Gasteiger charge is 2.26. The number of nitrogens with one attached hydrogen (secondary N) is 1. The van der Waals surface area contributed by atoms with E-state index in [4.69, 9.17) is 0 Å². The number of benzene rings is 1. The summed E-state index contributed by atoms with van der Waals surface area (Å²) in [6.07, 6.45) is -3.33. The minimum Gasteiger partial charge on any atom is -0.308 e. The van der Waals surface area contributed by atoms with Gasteiger partial charge >= 0.3 is 6.18 Å². The van der Waals surface area contributed by atoms with Gasteiger partial charge in [0, 0.05) is 0 Å². The van der Waals surface area contributed by atoms with E-state index in [0.29, 0.717) is 6.54 Å². The minimum atomic E-state index is -4.12. The normalized spacial score (nSPS) is 13.7. The predicted molar refractivity (Wildman–Crippen MR) is 67.7 cm³/mol. The van der Waals surface area contributed by atoms with E-state index in [2.05, 4.69) is 17.4 Å². The monoisotopic (exact) mass is 259 g/mol. The molecule has 0 amide bonds. The zero-order valence-electron chi connectivity index (χ0n) is 11.1. The van der Waals surface area contributed by atoms with E-state index in [-0.39, 0.29) is 5.92 Å². The lowest BCUT2D eigenvalue weighted by Crippen LogP contribution is -2.32. The van der Waals surface area contributed by atoms with Crippen molar-refractivity contribution in [3.05, 3.63) is 34.9 Å². The maximum absolute atomic E-state index is 12.0. The Morgan fingerprint density at radius 2 is 1.83 bits per heavy atom. The maximum atomic E-state index is 12.0. The van der Waals surface area contributed by atoms with E-state index in [9.17, 15) is 13.2 Å². The second-order valence-corrected chi connectivity index (χ2v) is 4.97. The molecule has 1 rings (SSSR count). The topological polar surface area (TPSA) is 12.0 Å². The third-order valence-electron chi connectivity index (χ3n) is 2.97. The summed E-state index contributed by atoms with van der Waals surface area (Å²) >= 11 is 0. The van der Waals surface area contributed by atoms with Gasteiger partial charge in [0.25, 0.3) is 0 Å². The first-order valence-corrected chi connectivity index (χ1v) is 6.11. The molecule has 0 radical (unpaired) electrons. The number of alkyl halides is 3. The average molecular weight is 259 g/mol. The van der Waals surface area contributed by atoms with Crippen LogP contribution in [0.3, 0.4) is 0 Å². The summed E-state index contributed by atoms with van der Waals surface area (Å²) in [4.78, 5) is 0. The first-order valence-electron chi connectivity index (χ1n) is 6.11. The SMILES string of the molecule is Cc1ccc(CC(C)CNCC(F)(F)F)cc1C. The number of hydrogen-bond donors (Lipinski definition) is 1. The van der Waals surface area contributed by atoms with Gasteiger partial charge in [-0.3, -0.25) is 0 Å². The maximum Gasteiger partial charge on any atom is 0.401 e. The third kappa shape index (κ3) is 5.54. The summed E-state index contributed by atoms with van der Waals surface area (Å²) in [6, 6.07) is 6.21. The fraction of sp³-hybridized carbons (Fsp3) is 0.571. The Morgan fingerprint density at radius 3 is 2.39 bits per heavy atom. The molecule has 0 aromatic heterocycles. The molecular weight excluding hydrogens is 239 g/mol. The molecule has 0 spiro atoms. The standard InChI is InChI=1S/C14H20F3N/c1-10(8-18-9-14(15,16)17)6-13-5-4-11(2)12(3)7-13/h4-5,7,10,18H,6,8-9H2,1-3H3. The molecule has 0 fully saturated rings. The van der Waals surface area contributed by atoms with Crippen molar-refractivity contribution in [2.75, 3.05) is 13.1 Å². The van der Waals surface area contributed by atoms with Crippen molar-refractivity contribution >= 4 is 0 Å². The van der Waals surface area contributed by atoms with Crippen LogP contribution < -0.4 is 5.32 Å². The van der Waals surface area contributed by atoms with Crippen LogP contribution in [0.1, 0.15) is 23.6 Å². The van der Waals surface area contributed by atoms with Gasteiger partial charge in [0.15, 0.2) is 0 Å². The van der Waals surface area contributed by atoms with Gasteiger partial charge in [-0.2, -0.15) is 13.2 Å². The van der Waals surface area contributed by atoms with Gasteiger partial charge in [0.2, 0.25) is 0 Å². The van der Waals surface area contributed by atoms with Crippen molar-refractivity contribution in [3.63, 3.8) is 0 Å². The van der Waals surface area contributed by atoms with Crippen LogP contribution in [0.25, 0.3) is 0 Å². The van der Waals surface area contributed by atoms with Gasteiger partial charge in [-0.25, -0.2) is 0 Å². The third-order valence-corrected chi connectivity index (χ3v) is 2.97. The van der Waals surface area contributed by atoms with E-state index in [1.807, 2.05) is 26.8 Å². The van der Waals surface area contributed by atoms with Crippen LogP contribution in [0.4, 0.5) is 13.2 Å². The highest BCUT2D eigenvalue weighted by molar-refractivity contribution is 5.30. The van der Waals surface area contributed by atoms with Crippen LogP contribution in [-0.4, -0.2) is 19.3 Å². The van der Waals surface area contributed by atoms with Gasteiger partial charge in [0.05, 0.1) is 6.54 Å². The molecule has 0 aliphatic carbocycles. The fourth-order valence-corrected chi connectivity index (χ4v) is 1.87. The van der Waals surface area contributed by atoms with E-state index < -0.39 is 12.7 Å². The average Bonchev–Trinajstić information content (AvgIpc) is 2.21. The molecule has 0 aliphatic rings. The van der Waals surface area contributed by atoms with E-state index in [1.54, 1.807) is 0 Å². The van der Waals surface area contributed by atoms with Crippen LogP contribution in [0.5, 0.6) is 0 Å². The van der Waals surface area contributed by atoms with E-state index in [0.717, 1.165) is 6.42 Å². The molecule has 1 aromatic carbocycles. The zero-order valence-corrected chi connectivity index (χ0v) is 11.1. The van der Waals surface area contributed by atoms with Gasteiger partial charge in [-0.05, 0) is 49.4 Å². The number of aryl methyl sites for hydroxylation is 2. The molecule has 0 saturated carbocycles. The summed E-state index contributed by atoms with van der Waals surface area (Å²) in [7, 11) is 0. The lowest BCUT2D eigenvalue weighted by molar-refractivity contribution is -0.125. The molecule has 4 heteroatoms. The molecule has 1 unspecified atom stereocenters. The molecule has 1 aromatic rings. The highest BCUT2D eigenvalue weighted by atomic mass is 19.4. The lowest BCUT2D eigenvalue weighted by atomic mass is 9.98. The Morgan fingerprint density at radius 1 is 1.17 bits per heavy atom. The molecule has 0 saturated heterocycles. The van der Waals surface area contributed by atoms with Crippen molar-refractivity contribution in [3.8, 4) is 0 Å². The van der Waals surface area contributed by atoms with E-state index in [1.165, 1.54) is 16.7 Å². The van der Waals surface area contributed by atoms with Crippen molar-refractivity contribution < 1.29 is 13.2 Å².